The fraction of sp³-hybridized carbons (Fsp3) is 0.429. The summed E-state index contributed by atoms with van der Waals surface area (Å²) in [6.07, 6.45) is 0.105. The molecule has 0 unspecified atom stereocenters. The van der Waals surface area contributed by atoms with Gasteiger partial charge in [0.25, 0.3) is 10.1 Å². The van der Waals surface area contributed by atoms with Crippen molar-refractivity contribution in [3.05, 3.63) is 35.9 Å². The number of carbonyl (C=O) groups is 2. The van der Waals surface area contributed by atoms with E-state index >= 15 is 0 Å². The normalized spacial score (nSPS) is 12.5. The summed E-state index contributed by atoms with van der Waals surface area (Å²) in [5.74, 6) is -0.203. The van der Waals surface area contributed by atoms with Gasteiger partial charge in [0.1, 0.15) is 12.4 Å². The van der Waals surface area contributed by atoms with E-state index < -0.39 is 22.3 Å². The Hall–Kier alpha value is -1.93. The molecule has 1 aromatic carbocycles. The second-order valence-electron chi connectivity index (χ2n) is 4.80. The molecule has 0 heterocycles. The van der Waals surface area contributed by atoms with E-state index in [0.29, 0.717) is 0 Å². The Morgan fingerprint density at radius 2 is 1.86 bits per heavy atom. The highest BCUT2D eigenvalue weighted by atomic mass is 32.2. The Kier molecular flexibility index (Phi) is 7.00. The molecule has 1 N–H and O–H groups in total. The molecule has 0 aliphatic carbocycles. The summed E-state index contributed by atoms with van der Waals surface area (Å²) in [4.78, 5) is 22.8. The van der Waals surface area contributed by atoms with Crippen LogP contribution in [0.2, 0.25) is 0 Å². The van der Waals surface area contributed by atoms with Crippen molar-refractivity contribution in [1.29, 1.82) is 0 Å². The smallest absolute Gasteiger partial charge is 0.407 e. The van der Waals surface area contributed by atoms with Gasteiger partial charge in [-0.25, -0.2) is 4.79 Å². The number of alkyl carbamates (subject to hydrolysis) is 1. The first kappa shape index (κ1) is 18.1. The molecule has 122 valence electrons. The second kappa shape index (κ2) is 8.50. The van der Waals surface area contributed by atoms with Gasteiger partial charge in [0.15, 0.2) is 0 Å². The predicted molar refractivity (Wildman–Crippen MR) is 79.6 cm³/mol. The maximum Gasteiger partial charge on any atom is 0.407 e. The minimum atomic E-state index is -3.65. The van der Waals surface area contributed by atoms with Gasteiger partial charge in [-0.2, -0.15) is 8.42 Å². The zero-order valence-electron chi connectivity index (χ0n) is 12.4. The minimum Gasteiger partial charge on any atom is -0.445 e. The van der Waals surface area contributed by atoms with Gasteiger partial charge in [0.05, 0.1) is 18.9 Å². The van der Waals surface area contributed by atoms with E-state index in [1.165, 1.54) is 6.92 Å². The second-order valence-corrected chi connectivity index (χ2v) is 6.44. The van der Waals surface area contributed by atoms with Crippen LogP contribution in [0.5, 0.6) is 0 Å². The van der Waals surface area contributed by atoms with Gasteiger partial charge in [-0.15, -0.1) is 0 Å². The maximum absolute atomic E-state index is 11.7. The number of benzene rings is 1. The van der Waals surface area contributed by atoms with Crippen molar-refractivity contribution in [2.45, 2.75) is 26.0 Å². The van der Waals surface area contributed by atoms with E-state index in [0.717, 1.165) is 11.8 Å². The van der Waals surface area contributed by atoms with Crippen LogP contribution in [0.4, 0.5) is 4.79 Å². The number of hydrogen-bond donors (Lipinski definition) is 1. The van der Waals surface area contributed by atoms with Gasteiger partial charge < -0.3 is 10.1 Å². The van der Waals surface area contributed by atoms with Crippen LogP contribution in [0.15, 0.2) is 30.3 Å². The molecular weight excluding hydrogens is 310 g/mol. The summed E-state index contributed by atoms with van der Waals surface area (Å²) in [5, 5.41) is 2.42. The maximum atomic E-state index is 11.7. The molecule has 8 heteroatoms. The molecule has 0 aliphatic rings. The first-order chi connectivity index (χ1) is 10.3. The zero-order valence-corrected chi connectivity index (χ0v) is 13.3. The number of nitrogens with one attached hydrogen (secondary N) is 1. The SMILES string of the molecule is CC(=O)C[C@H](COS(C)(=O)=O)NC(=O)OCc1ccccc1. The van der Waals surface area contributed by atoms with Crippen LogP contribution in [-0.2, 0) is 30.4 Å². The average molecular weight is 329 g/mol. The van der Waals surface area contributed by atoms with Crippen LogP contribution in [0.3, 0.4) is 0 Å². The third-order valence-electron chi connectivity index (χ3n) is 2.55. The molecular formula is C14H19NO6S. The lowest BCUT2D eigenvalue weighted by atomic mass is 10.2. The molecule has 0 saturated heterocycles. The Morgan fingerprint density at radius 3 is 2.41 bits per heavy atom. The minimum absolute atomic E-state index is 0.0457. The van der Waals surface area contributed by atoms with Crippen molar-refractivity contribution >= 4 is 22.0 Å². The van der Waals surface area contributed by atoms with Gasteiger partial charge in [0, 0.05) is 6.42 Å². The topological polar surface area (TPSA) is 98.8 Å². The first-order valence-corrected chi connectivity index (χ1v) is 8.39. The lowest BCUT2D eigenvalue weighted by Crippen LogP contribution is -2.40. The molecule has 0 fully saturated rings. The summed E-state index contributed by atoms with van der Waals surface area (Å²) >= 11 is 0. The highest BCUT2D eigenvalue weighted by Gasteiger charge is 2.18. The average Bonchev–Trinajstić information content (AvgIpc) is 2.42. The molecule has 1 atom stereocenters. The molecule has 0 radical (unpaired) electrons. The Labute approximate surface area is 129 Å². The first-order valence-electron chi connectivity index (χ1n) is 6.57. The van der Waals surface area contributed by atoms with E-state index in [-0.39, 0.29) is 25.4 Å². The Balaban J connectivity index is 2.49. The molecule has 0 saturated carbocycles. The Bertz CT molecular complexity index is 599. The lowest BCUT2D eigenvalue weighted by Gasteiger charge is -2.16. The fourth-order valence-electron chi connectivity index (χ4n) is 1.64. The molecule has 7 nitrogen and oxygen atoms in total. The van der Waals surface area contributed by atoms with Gasteiger partial charge in [-0.1, -0.05) is 30.3 Å². The number of ketones is 1. The van der Waals surface area contributed by atoms with Crippen molar-refractivity contribution < 1.29 is 26.9 Å². The number of ether oxygens (including phenoxy) is 1. The van der Waals surface area contributed by atoms with Crippen molar-refractivity contribution in [3.63, 3.8) is 0 Å². The largest absolute Gasteiger partial charge is 0.445 e. The number of amides is 1. The summed E-state index contributed by atoms with van der Waals surface area (Å²) in [6, 6.07) is 8.30. The van der Waals surface area contributed by atoms with Crippen LogP contribution >= 0.6 is 0 Å². The van der Waals surface area contributed by atoms with E-state index in [2.05, 4.69) is 9.50 Å². The van der Waals surface area contributed by atoms with Crippen molar-refractivity contribution in [1.82, 2.24) is 5.32 Å². The van der Waals surface area contributed by atoms with Crippen LogP contribution < -0.4 is 5.32 Å². The molecule has 1 rings (SSSR count). The van der Waals surface area contributed by atoms with Crippen molar-refractivity contribution in [2.24, 2.45) is 0 Å². The zero-order chi connectivity index (χ0) is 16.6. The summed E-state index contributed by atoms with van der Waals surface area (Å²) in [6.45, 7) is 1.09. The highest BCUT2D eigenvalue weighted by molar-refractivity contribution is 7.85. The summed E-state index contributed by atoms with van der Waals surface area (Å²) < 4.78 is 31.5. The van der Waals surface area contributed by atoms with Gasteiger partial charge in [0.2, 0.25) is 0 Å². The number of carbonyl (C=O) groups excluding carboxylic acids is 2. The van der Waals surface area contributed by atoms with Crippen LogP contribution in [0.1, 0.15) is 18.9 Å². The summed E-state index contributed by atoms with van der Waals surface area (Å²) in [7, 11) is -3.65. The van der Waals surface area contributed by atoms with Gasteiger partial charge >= 0.3 is 6.09 Å². The molecule has 0 spiro atoms. The Morgan fingerprint density at radius 1 is 1.23 bits per heavy atom. The molecule has 22 heavy (non-hydrogen) atoms. The van der Waals surface area contributed by atoms with Gasteiger partial charge in [-0.05, 0) is 12.5 Å². The van der Waals surface area contributed by atoms with Crippen molar-refractivity contribution in [3.8, 4) is 0 Å². The monoisotopic (exact) mass is 329 g/mol. The van der Waals surface area contributed by atoms with E-state index in [1.807, 2.05) is 18.2 Å². The molecule has 1 amide bonds. The van der Waals surface area contributed by atoms with E-state index in [1.54, 1.807) is 12.1 Å². The van der Waals surface area contributed by atoms with Crippen LogP contribution in [0.25, 0.3) is 0 Å². The van der Waals surface area contributed by atoms with Gasteiger partial charge in [-0.3, -0.25) is 8.98 Å². The van der Waals surface area contributed by atoms with Crippen LogP contribution in [-0.4, -0.2) is 39.2 Å². The number of Topliss-reactive ketones (excluding diaryl/α,β-unsaturated/α-hetero) is 1. The number of rotatable bonds is 8. The third-order valence-corrected chi connectivity index (χ3v) is 3.12. The van der Waals surface area contributed by atoms with Crippen molar-refractivity contribution in [2.75, 3.05) is 12.9 Å². The van der Waals surface area contributed by atoms with E-state index in [4.69, 9.17) is 4.74 Å². The number of hydrogen-bond acceptors (Lipinski definition) is 6. The molecule has 0 aromatic heterocycles. The van der Waals surface area contributed by atoms with Crippen LogP contribution in [0, 0.1) is 0 Å². The third kappa shape index (κ3) is 8.38. The standard InChI is InChI=1S/C14H19NO6S/c1-11(16)8-13(10-21-22(2,18)19)15-14(17)20-9-12-6-4-3-5-7-12/h3-7,13H,8-10H2,1-2H3,(H,15,17)/t13-/m1/s1. The van der Waals surface area contributed by atoms with E-state index in [9.17, 15) is 18.0 Å². The molecule has 0 bridgehead atoms. The molecule has 1 aromatic rings. The highest BCUT2D eigenvalue weighted by Crippen LogP contribution is 2.02. The quantitative estimate of drug-likeness (QED) is 0.720. The predicted octanol–water partition coefficient (Wildman–Crippen LogP) is 1.24. The fourth-order valence-corrected chi connectivity index (χ4v) is 2.05. The summed E-state index contributed by atoms with van der Waals surface area (Å²) in [5.41, 5.74) is 0.813. The lowest BCUT2D eigenvalue weighted by molar-refractivity contribution is -0.117. The molecule has 0 aliphatic heterocycles.